The van der Waals surface area contributed by atoms with Crippen LogP contribution in [0.5, 0.6) is 0 Å². The SMILES string of the molecule is CCCC(C)CNc1ccc(-n2cnnn2)cc1. The fourth-order valence-corrected chi connectivity index (χ4v) is 1.90. The standard InChI is InChI=1S/C13H19N5/c1-3-4-11(2)9-14-12-5-7-13(8-6-12)18-10-15-16-17-18/h5-8,10-11,14H,3-4,9H2,1-2H3. The van der Waals surface area contributed by atoms with Gasteiger partial charge >= 0.3 is 0 Å². The number of aromatic nitrogens is 4. The lowest BCUT2D eigenvalue weighted by molar-refractivity contribution is 0.551. The molecule has 2 rings (SSSR count). The molecule has 1 heterocycles. The van der Waals surface area contributed by atoms with Crippen LogP contribution in [0.25, 0.3) is 5.69 Å². The minimum Gasteiger partial charge on any atom is -0.385 e. The molecule has 1 N–H and O–H groups in total. The van der Waals surface area contributed by atoms with E-state index in [0.717, 1.165) is 17.9 Å². The van der Waals surface area contributed by atoms with Crippen LogP contribution in [0, 0.1) is 5.92 Å². The van der Waals surface area contributed by atoms with Crippen LogP contribution in [-0.4, -0.2) is 26.8 Å². The normalized spacial score (nSPS) is 12.3. The highest BCUT2D eigenvalue weighted by atomic mass is 15.5. The van der Waals surface area contributed by atoms with E-state index < -0.39 is 0 Å². The van der Waals surface area contributed by atoms with E-state index in [1.165, 1.54) is 12.8 Å². The second-order valence-electron chi connectivity index (χ2n) is 4.58. The topological polar surface area (TPSA) is 55.6 Å². The van der Waals surface area contributed by atoms with Gasteiger partial charge in [-0.1, -0.05) is 20.3 Å². The summed E-state index contributed by atoms with van der Waals surface area (Å²) < 4.78 is 1.64. The summed E-state index contributed by atoms with van der Waals surface area (Å²) in [5.74, 6) is 0.703. The van der Waals surface area contributed by atoms with Crippen molar-refractivity contribution in [2.75, 3.05) is 11.9 Å². The number of tetrazole rings is 1. The quantitative estimate of drug-likeness (QED) is 0.849. The summed E-state index contributed by atoms with van der Waals surface area (Å²) in [4.78, 5) is 0. The third kappa shape index (κ3) is 3.29. The number of anilines is 1. The van der Waals surface area contributed by atoms with E-state index in [1.54, 1.807) is 11.0 Å². The monoisotopic (exact) mass is 245 g/mol. The molecule has 0 saturated heterocycles. The minimum absolute atomic E-state index is 0.703. The molecule has 1 aromatic heterocycles. The summed E-state index contributed by atoms with van der Waals surface area (Å²) in [7, 11) is 0. The molecule has 0 aliphatic carbocycles. The molecular formula is C13H19N5. The van der Waals surface area contributed by atoms with E-state index in [4.69, 9.17) is 0 Å². The second kappa shape index (κ2) is 6.14. The molecule has 0 saturated carbocycles. The van der Waals surface area contributed by atoms with Crippen LogP contribution >= 0.6 is 0 Å². The lowest BCUT2D eigenvalue weighted by Gasteiger charge is -2.12. The van der Waals surface area contributed by atoms with Gasteiger partial charge in [-0.2, -0.15) is 0 Å². The van der Waals surface area contributed by atoms with Gasteiger partial charge < -0.3 is 5.32 Å². The largest absolute Gasteiger partial charge is 0.385 e. The molecule has 18 heavy (non-hydrogen) atoms. The molecule has 0 spiro atoms. The van der Waals surface area contributed by atoms with Gasteiger partial charge in [-0.3, -0.25) is 0 Å². The van der Waals surface area contributed by atoms with Gasteiger partial charge in [0.15, 0.2) is 0 Å². The molecule has 0 amide bonds. The Balaban J connectivity index is 1.92. The van der Waals surface area contributed by atoms with Gasteiger partial charge in [0.2, 0.25) is 0 Å². The fraction of sp³-hybridized carbons (Fsp3) is 0.462. The fourth-order valence-electron chi connectivity index (χ4n) is 1.90. The second-order valence-corrected chi connectivity index (χ2v) is 4.58. The number of hydrogen-bond donors (Lipinski definition) is 1. The summed E-state index contributed by atoms with van der Waals surface area (Å²) >= 11 is 0. The number of nitrogens with zero attached hydrogens (tertiary/aromatic N) is 4. The zero-order valence-electron chi connectivity index (χ0n) is 10.9. The molecule has 0 fully saturated rings. The summed E-state index contributed by atoms with van der Waals surface area (Å²) in [5.41, 5.74) is 2.10. The molecule has 96 valence electrons. The van der Waals surface area contributed by atoms with Gasteiger partial charge in [0.05, 0.1) is 5.69 Å². The van der Waals surface area contributed by atoms with Crippen LogP contribution in [0.2, 0.25) is 0 Å². The third-order valence-electron chi connectivity index (χ3n) is 2.92. The average molecular weight is 245 g/mol. The highest BCUT2D eigenvalue weighted by Crippen LogP contribution is 2.13. The number of rotatable bonds is 6. The van der Waals surface area contributed by atoms with Gasteiger partial charge in [0.25, 0.3) is 0 Å². The maximum absolute atomic E-state index is 3.85. The Labute approximate surface area is 107 Å². The lowest BCUT2D eigenvalue weighted by Crippen LogP contribution is -2.10. The number of hydrogen-bond acceptors (Lipinski definition) is 4. The van der Waals surface area contributed by atoms with Gasteiger partial charge in [-0.05, 0) is 47.0 Å². The summed E-state index contributed by atoms with van der Waals surface area (Å²) in [5, 5.41) is 14.5. The van der Waals surface area contributed by atoms with Crippen molar-refractivity contribution in [2.45, 2.75) is 26.7 Å². The predicted octanol–water partition coefficient (Wildman–Crippen LogP) is 2.51. The van der Waals surface area contributed by atoms with Crippen molar-refractivity contribution in [1.82, 2.24) is 20.2 Å². The zero-order chi connectivity index (χ0) is 12.8. The molecule has 0 aliphatic heterocycles. The number of benzene rings is 1. The third-order valence-corrected chi connectivity index (χ3v) is 2.92. The molecule has 2 aromatic rings. The summed E-state index contributed by atoms with van der Waals surface area (Å²) in [6.45, 7) is 5.50. The molecule has 5 nitrogen and oxygen atoms in total. The van der Waals surface area contributed by atoms with E-state index in [1.807, 2.05) is 12.1 Å². The van der Waals surface area contributed by atoms with Gasteiger partial charge in [0.1, 0.15) is 6.33 Å². The van der Waals surface area contributed by atoms with Crippen molar-refractivity contribution in [1.29, 1.82) is 0 Å². The van der Waals surface area contributed by atoms with Crippen LogP contribution in [0.4, 0.5) is 5.69 Å². The Morgan fingerprint density at radius 1 is 1.28 bits per heavy atom. The zero-order valence-corrected chi connectivity index (χ0v) is 10.9. The van der Waals surface area contributed by atoms with Crippen molar-refractivity contribution in [3.05, 3.63) is 30.6 Å². The highest BCUT2D eigenvalue weighted by Gasteiger charge is 2.01. The Hall–Kier alpha value is -1.91. The maximum Gasteiger partial charge on any atom is 0.143 e. The molecule has 0 radical (unpaired) electrons. The molecule has 0 bridgehead atoms. The van der Waals surface area contributed by atoms with Crippen molar-refractivity contribution in [2.24, 2.45) is 5.92 Å². The van der Waals surface area contributed by atoms with E-state index in [0.29, 0.717) is 5.92 Å². The van der Waals surface area contributed by atoms with Crippen molar-refractivity contribution in [3.63, 3.8) is 0 Å². The van der Waals surface area contributed by atoms with Crippen molar-refractivity contribution >= 4 is 5.69 Å². The summed E-state index contributed by atoms with van der Waals surface area (Å²) in [6, 6.07) is 8.11. The van der Waals surface area contributed by atoms with Gasteiger partial charge in [-0.25, -0.2) is 4.68 Å². The Bertz CT molecular complexity index is 449. The van der Waals surface area contributed by atoms with E-state index in [-0.39, 0.29) is 0 Å². The van der Waals surface area contributed by atoms with E-state index in [2.05, 4.69) is 46.8 Å². The first kappa shape index (κ1) is 12.5. The first-order valence-electron chi connectivity index (χ1n) is 6.37. The summed E-state index contributed by atoms with van der Waals surface area (Å²) in [6.07, 6.45) is 4.09. The maximum atomic E-state index is 3.85. The molecular weight excluding hydrogens is 226 g/mol. The first-order chi connectivity index (χ1) is 8.79. The van der Waals surface area contributed by atoms with Crippen LogP contribution in [0.3, 0.4) is 0 Å². The smallest absolute Gasteiger partial charge is 0.143 e. The average Bonchev–Trinajstić information content (AvgIpc) is 2.91. The molecule has 1 aromatic carbocycles. The first-order valence-corrected chi connectivity index (χ1v) is 6.37. The Morgan fingerprint density at radius 3 is 2.67 bits per heavy atom. The van der Waals surface area contributed by atoms with Crippen LogP contribution in [0.1, 0.15) is 26.7 Å². The highest BCUT2D eigenvalue weighted by molar-refractivity contribution is 5.48. The lowest BCUT2D eigenvalue weighted by atomic mass is 10.1. The van der Waals surface area contributed by atoms with Gasteiger partial charge in [-0.15, -0.1) is 5.10 Å². The Kier molecular flexibility index (Phi) is 4.28. The van der Waals surface area contributed by atoms with Crippen LogP contribution < -0.4 is 5.32 Å². The van der Waals surface area contributed by atoms with Gasteiger partial charge in [0, 0.05) is 12.2 Å². The molecule has 1 unspecified atom stereocenters. The van der Waals surface area contributed by atoms with E-state index >= 15 is 0 Å². The van der Waals surface area contributed by atoms with E-state index in [9.17, 15) is 0 Å². The molecule has 1 atom stereocenters. The van der Waals surface area contributed by atoms with Crippen molar-refractivity contribution < 1.29 is 0 Å². The van der Waals surface area contributed by atoms with Crippen molar-refractivity contribution in [3.8, 4) is 5.69 Å². The molecule has 5 heteroatoms. The van der Waals surface area contributed by atoms with Crippen LogP contribution in [-0.2, 0) is 0 Å². The predicted molar refractivity (Wildman–Crippen MR) is 71.7 cm³/mol. The number of nitrogens with one attached hydrogen (secondary N) is 1. The minimum atomic E-state index is 0.703. The molecule has 0 aliphatic rings. The van der Waals surface area contributed by atoms with Crippen LogP contribution in [0.15, 0.2) is 30.6 Å². The Morgan fingerprint density at radius 2 is 2.06 bits per heavy atom.